The maximum Gasteiger partial charge on any atom is 0.178 e. The maximum absolute atomic E-state index is 11.5. The second-order valence-electron chi connectivity index (χ2n) is 3.73. The highest BCUT2D eigenvalue weighted by molar-refractivity contribution is 7.13. The van der Waals surface area contributed by atoms with E-state index >= 15 is 0 Å². The van der Waals surface area contributed by atoms with E-state index in [1.165, 1.54) is 4.88 Å². The van der Waals surface area contributed by atoms with E-state index in [9.17, 15) is 5.11 Å². The Morgan fingerprint density at radius 1 is 1.32 bits per heavy atom. The lowest BCUT2D eigenvalue weighted by atomic mass is 10.4. The maximum atomic E-state index is 11.5. The van der Waals surface area contributed by atoms with Crippen LogP contribution in [0.4, 0.5) is 0 Å². The van der Waals surface area contributed by atoms with Gasteiger partial charge in [0.25, 0.3) is 0 Å². The summed E-state index contributed by atoms with van der Waals surface area (Å²) in [7, 11) is 0. The van der Waals surface area contributed by atoms with Gasteiger partial charge in [0.05, 0.1) is 12.1 Å². The zero-order valence-corrected chi connectivity index (χ0v) is 12.0. The number of pyridine rings is 1. The van der Waals surface area contributed by atoms with Crippen molar-refractivity contribution in [3.63, 3.8) is 0 Å². The van der Waals surface area contributed by atoms with Crippen LogP contribution < -0.4 is 9.67 Å². The van der Waals surface area contributed by atoms with Gasteiger partial charge < -0.3 is 5.11 Å². The lowest BCUT2D eigenvalue weighted by molar-refractivity contribution is -0.687. The molecule has 0 unspecified atom stereocenters. The molecule has 0 spiro atoms. The third kappa shape index (κ3) is 5.19. The van der Waals surface area contributed by atoms with Crippen molar-refractivity contribution in [1.29, 1.82) is 0 Å². The first-order chi connectivity index (χ1) is 8.74. The lowest BCUT2D eigenvalue weighted by Gasteiger charge is -2.02. The molecule has 0 fully saturated rings. The zero-order valence-electron chi connectivity index (χ0n) is 10.4. The Balaban J connectivity index is 0.00000180. The van der Waals surface area contributed by atoms with Gasteiger partial charge in [0.1, 0.15) is 0 Å². The summed E-state index contributed by atoms with van der Waals surface area (Å²) in [5.41, 5.74) is 0. The minimum absolute atomic E-state index is 0. The van der Waals surface area contributed by atoms with E-state index in [1.54, 1.807) is 22.1 Å². The fourth-order valence-electron chi connectivity index (χ4n) is 1.40. The molecule has 0 N–H and O–H groups in total. The number of thiophene rings is 1. The molecule has 0 aliphatic heterocycles. The van der Waals surface area contributed by atoms with Crippen LogP contribution in [0.25, 0.3) is 0 Å². The number of hydrogen-bond donors (Lipinski definition) is 0. The van der Waals surface area contributed by atoms with Gasteiger partial charge in [-0.15, -0.1) is 23.7 Å². The van der Waals surface area contributed by atoms with Crippen molar-refractivity contribution in [3.8, 4) is 0 Å². The third-order valence-corrected chi connectivity index (χ3v) is 3.15. The molecule has 19 heavy (non-hydrogen) atoms. The molecule has 2 aromatic rings. The number of rotatable bonds is 4. The normalized spacial score (nSPS) is 11.5. The van der Waals surface area contributed by atoms with Crippen LogP contribution in [0.5, 0.6) is 0 Å². The Morgan fingerprint density at radius 2 is 2.05 bits per heavy atom. The highest BCUT2D eigenvalue weighted by atomic mass is 35.5. The first kappa shape index (κ1) is 15.3. The van der Waals surface area contributed by atoms with Crippen LogP contribution in [0.3, 0.4) is 0 Å². The van der Waals surface area contributed by atoms with E-state index in [4.69, 9.17) is 0 Å². The average Bonchev–Trinajstić information content (AvgIpc) is 2.76. The van der Waals surface area contributed by atoms with Crippen molar-refractivity contribution in [1.82, 2.24) is 0 Å². The summed E-state index contributed by atoms with van der Waals surface area (Å²) in [6, 6.07) is 9.59. The first-order valence-corrected chi connectivity index (χ1v) is 6.33. The molecule has 0 saturated heterocycles. The molecule has 100 valence electrons. The summed E-state index contributed by atoms with van der Waals surface area (Å²) in [5, 5.41) is 18.9. The Bertz CT molecular complexity index is 566. The molecule has 0 bridgehead atoms. The average molecular weight is 296 g/mol. The van der Waals surface area contributed by atoms with Gasteiger partial charge in [0, 0.05) is 21.9 Å². The van der Waals surface area contributed by atoms with Gasteiger partial charge in [-0.25, -0.2) is 4.57 Å². The van der Waals surface area contributed by atoms with Crippen molar-refractivity contribution in [2.75, 3.05) is 0 Å². The Labute approximate surface area is 122 Å². The topological polar surface area (TPSA) is 51.7 Å². The second-order valence-corrected chi connectivity index (χ2v) is 5.05. The monoisotopic (exact) mass is 295 g/mol. The second kappa shape index (κ2) is 7.66. The molecular formula is C13H14ClN3OS. The predicted molar refractivity (Wildman–Crippen MR) is 78.0 cm³/mol. The van der Waals surface area contributed by atoms with E-state index in [2.05, 4.69) is 10.2 Å². The Kier molecular flexibility index (Phi) is 6.18. The van der Waals surface area contributed by atoms with Crippen molar-refractivity contribution in [3.05, 3.63) is 52.5 Å². The number of aromatic nitrogens is 1. The molecular weight excluding hydrogens is 282 g/mol. The van der Waals surface area contributed by atoms with Crippen LogP contribution in [0.15, 0.2) is 52.9 Å². The van der Waals surface area contributed by atoms with Gasteiger partial charge in [-0.3, -0.25) is 0 Å². The first-order valence-electron chi connectivity index (χ1n) is 5.51. The molecule has 0 radical (unpaired) electrons. The highest BCUT2D eigenvalue weighted by Crippen LogP contribution is 2.12. The molecule has 0 atom stereocenters. The van der Waals surface area contributed by atoms with Gasteiger partial charge in [0.15, 0.2) is 18.9 Å². The number of nitrogens with zero attached hydrogens (tertiary/aromatic N) is 3. The summed E-state index contributed by atoms with van der Waals surface area (Å²) >= 11 is 1.62. The van der Waals surface area contributed by atoms with E-state index in [1.807, 2.05) is 49.6 Å². The quantitative estimate of drug-likeness (QED) is 0.365. The van der Waals surface area contributed by atoms with Gasteiger partial charge in [-0.1, -0.05) is 6.07 Å². The van der Waals surface area contributed by atoms with Crippen LogP contribution in [0.1, 0.15) is 9.75 Å². The van der Waals surface area contributed by atoms with E-state index in [0.717, 1.165) is 4.88 Å². The molecule has 4 nitrogen and oxygen atoms in total. The lowest BCUT2D eigenvalue weighted by Crippen LogP contribution is -2.41. The van der Waals surface area contributed by atoms with Gasteiger partial charge >= 0.3 is 0 Å². The Hall–Kier alpha value is -1.72. The van der Waals surface area contributed by atoms with E-state index < -0.39 is 0 Å². The summed E-state index contributed by atoms with van der Waals surface area (Å²) in [5.74, 6) is -0.268. The smallest absolute Gasteiger partial charge is 0.178 e. The largest absolute Gasteiger partial charge is 0.856 e. The summed E-state index contributed by atoms with van der Waals surface area (Å²) in [6.07, 6.45) is 5.24. The summed E-state index contributed by atoms with van der Waals surface area (Å²) in [6.45, 7) is 2.23. The minimum atomic E-state index is -0.268. The van der Waals surface area contributed by atoms with Crippen LogP contribution in [0.2, 0.25) is 0 Å². The number of halogens is 1. The van der Waals surface area contributed by atoms with Crippen molar-refractivity contribution >= 4 is 35.9 Å². The van der Waals surface area contributed by atoms with Crippen LogP contribution in [-0.2, 0) is 6.54 Å². The molecule has 6 heteroatoms. The number of hydrogen-bond acceptors (Lipinski definition) is 4. The van der Waals surface area contributed by atoms with Gasteiger partial charge in [0.2, 0.25) is 0 Å². The molecule has 0 amide bonds. The van der Waals surface area contributed by atoms with Crippen molar-refractivity contribution in [2.24, 2.45) is 10.2 Å². The SMILES string of the molecule is Cc1ccc(/C=N/N=C([O-])C[n+]2ccccc2)s1.Cl. The van der Waals surface area contributed by atoms with Crippen LogP contribution in [-0.4, -0.2) is 12.1 Å². The Morgan fingerprint density at radius 3 is 2.68 bits per heavy atom. The third-order valence-electron chi connectivity index (χ3n) is 2.21. The van der Waals surface area contributed by atoms with Crippen molar-refractivity contribution in [2.45, 2.75) is 13.5 Å². The molecule has 2 rings (SSSR count). The van der Waals surface area contributed by atoms with E-state index in [-0.39, 0.29) is 24.8 Å². The van der Waals surface area contributed by atoms with E-state index in [0.29, 0.717) is 0 Å². The predicted octanol–water partition coefficient (Wildman–Crippen LogP) is 1.56. The van der Waals surface area contributed by atoms with Crippen LogP contribution >= 0.6 is 23.7 Å². The molecule has 2 heterocycles. The minimum Gasteiger partial charge on any atom is -0.856 e. The highest BCUT2D eigenvalue weighted by Gasteiger charge is 1.96. The standard InChI is InChI=1S/C13H13N3OS.ClH/c1-11-5-6-12(18-11)9-14-15-13(17)10-16-7-3-2-4-8-16;/h2-9H,10H2,1H3;1H/b14-9+;. The fraction of sp³-hybridized carbons (Fsp3) is 0.154. The molecule has 0 aromatic carbocycles. The summed E-state index contributed by atoms with van der Waals surface area (Å²) in [4.78, 5) is 2.21. The molecule has 2 aromatic heterocycles. The van der Waals surface area contributed by atoms with Crippen molar-refractivity contribution < 1.29 is 9.67 Å². The molecule has 0 aliphatic carbocycles. The van der Waals surface area contributed by atoms with Crippen LogP contribution in [0, 0.1) is 6.92 Å². The number of aryl methyl sites for hydroxylation is 1. The fourth-order valence-corrected chi connectivity index (χ4v) is 2.14. The van der Waals surface area contributed by atoms with Gasteiger partial charge in [-0.2, -0.15) is 10.2 Å². The van der Waals surface area contributed by atoms with Gasteiger partial charge in [-0.05, 0) is 19.1 Å². The summed E-state index contributed by atoms with van der Waals surface area (Å²) < 4.78 is 1.76. The molecule has 0 aliphatic rings. The zero-order chi connectivity index (χ0) is 12.8. The molecule has 0 saturated carbocycles.